The summed E-state index contributed by atoms with van der Waals surface area (Å²) in [6.07, 6.45) is 1.05. The number of carboxylic acids is 1. The first-order chi connectivity index (χ1) is 8.83. The van der Waals surface area contributed by atoms with Crippen LogP contribution in [0.2, 0.25) is 0 Å². The molecule has 0 bridgehead atoms. The summed E-state index contributed by atoms with van der Waals surface area (Å²) in [4.78, 5) is 23.2. The lowest BCUT2D eigenvalue weighted by Crippen LogP contribution is -2.49. The minimum absolute atomic E-state index is 0.0808. The molecule has 0 unspecified atom stereocenters. The van der Waals surface area contributed by atoms with Gasteiger partial charge in [-0.05, 0) is 25.8 Å². The van der Waals surface area contributed by atoms with Gasteiger partial charge in [0.1, 0.15) is 5.69 Å². The number of carboxylic acid groups (broad SMARTS) is 1. The summed E-state index contributed by atoms with van der Waals surface area (Å²) in [7, 11) is 1.69. The van der Waals surface area contributed by atoms with Gasteiger partial charge < -0.3 is 10.4 Å². The molecule has 0 aliphatic heterocycles. The Morgan fingerprint density at radius 1 is 1.42 bits per heavy atom. The quantitative estimate of drug-likeness (QED) is 0.818. The van der Waals surface area contributed by atoms with E-state index in [1.54, 1.807) is 20.0 Å². The molecule has 0 aromatic carbocycles. The fourth-order valence-electron chi connectivity index (χ4n) is 2.14. The number of nitrogens with one attached hydrogen (secondary N) is 1. The molecular formula is C13H21N3O3. The number of rotatable bonds is 6. The zero-order chi connectivity index (χ0) is 14.6. The van der Waals surface area contributed by atoms with Gasteiger partial charge >= 0.3 is 5.97 Å². The molecule has 1 heterocycles. The second-order valence-corrected chi connectivity index (χ2v) is 4.81. The molecule has 1 aromatic heterocycles. The van der Waals surface area contributed by atoms with Gasteiger partial charge in [-0.25, -0.2) is 0 Å². The second kappa shape index (κ2) is 5.86. The van der Waals surface area contributed by atoms with Crippen LogP contribution in [0.5, 0.6) is 0 Å². The van der Waals surface area contributed by atoms with Crippen LogP contribution in [0.1, 0.15) is 49.3 Å². The molecular weight excluding hydrogens is 246 g/mol. The summed E-state index contributed by atoms with van der Waals surface area (Å²) in [5.74, 6) is -1.20. The van der Waals surface area contributed by atoms with Crippen molar-refractivity contribution in [2.75, 3.05) is 0 Å². The second-order valence-electron chi connectivity index (χ2n) is 4.81. The molecule has 19 heavy (non-hydrogen) atoms. The van der Waals surface area contributed by atoms with Gasteiger partial charge in [-0.15, -0.1) is 0 Å². The molecule has 0 atom stereocenters. The molecule has 0 spiro atoms. The molecule has 0 saturated heterocycles. The van der Waals surface area contributed by atoms with Crippen LogP contribution in [0.25, 0.3) is 0 Å². The maximum absolute atomic E-state index is 12.2. The largest absolute Gasteiger partial charge is 0.481 e. The Bertz CT molecular complexity index is 475. The van der Waals surface area contributed by atoms with Crippen molar-refractivity contribution in [3.05, 3.63) is 17.5 Å². The number of aromatic nitrogens is 2. The highest BCUT2D eigenvalue weighted by molar-refractivity contribution is 5.93. The van der Waals surface area contributed by atoms with Crippen LogP contribution in [0.15, 0.2) is 6.07 Å². The van der Waals surface area contributed by atoms with Gasteiger partial charge in [0.05, 0.1) is 17.7 Å². The lowest BCUT2D eigenvalue weighted by Gasteiger charge is -2.31. The summed E-state index contributed by atoms with van der Waals surface area (Å²) in [6, 6.07) is 1.69. The van der Waals surface area contributed by atoms with E-state index in [9.17, 15) is 9.59 Å². The van der Waals surface area contributed by atoms with E-state index >= 15 is 0 Å². The zero-order valence-electron chi connectivity index (χ0n) is 11.9. The summed E-state index contributed by atoms with van der Waals surface area (Å²) in [5, 5.41) is 15.9. The van der Waals surface area contributed by atoms with Crippen molar-refractivity contribution in [1.29, 1.82) is 0 Å². The molecule has 0 radical (unpaired) electrons. The van der Waals surface area contributed by atoms with Crippen LogP contribution in [0.3, 0.4) is 0 Å². The number of amides is 1. The molecule has 0 fully saturated rings. The number of aliphatic carboxylic acids is 1. The predicted octanol–water partition coefficient (Wildman–Crippen LogP) is 1.49. The highest BCUT2D eigenvalue weighted by atomic mass is 16.4. The van der Waals surface area contributed by atoms with Crippen LogP contribution in [-0.2, 0) is 11.8 Å². The van der Waals surface area contributed by atoms with Crippen molar-refractivity contribution in [2.45, 2.75) is 45.6 Å². The van der Waals surface area contributed by atoms with E-state index in [1.807, 2.05) is 13.8 Å². The van der Waals surface area contributed by atoms with Gasteiger partial charge in [0.25, 0.3) is 5.91 Å². The van der Waals surface area contributed by atoms with Crippen LogP contribution in [0, 0.1) is 6.92 Å². The van der Waals surface area contributed by atoms with Crippen molar-refractivity contribution < 1.29 is 14.7 Å². The van der Waals surface area contributed by atoms with E-state index < -0.39 is 11.5 Å². The Labute approximate surface area is 112 Å². The van der Waals surface area contributed by atoms with Gasteiger partial charge in [-0.2, -0.15) is 5.10 Å². The number of hydrogen-bond donors (Lipinski definition) is 2. The minimum atomic E-state index is -0.912. The van der Waals surface area contributed by atoms with E-state index in [1.165, 1.54) is 4.68 Å². The molecule has 6 nitrogen and oxygen atoms in total. The number of nitrogens with zero attached hydrogens (tertiary/aromatic N) is 2. The third-order valence-electron chi connectivity index (χ3n) is 3.46. The Hall–Kier alpha value is -1.85. The highest BCUT2D eigenvalue weighted by Gasteiger charge is 2.32. The maximum Gasteiger partial charge on any atom is 0.305 e. The van der Waals surface area contributed by atoms with Crippen LogP contribution in [-0.4, -0.2) is 32.3 Å². The molecule has 1 amide bonds. The van der Waals surface area contributed by atoms with Crippen molar-refractivity contribution in [2.24, 2.45) is 7.05 Å². The summed E-state index contributed by atoms with van der Waals surface area (Å²) in [5.41, 5.74) is 0.486. The first-order valence-corrected chi connectivity index (χ1v) is 6.38. The van der Waals surface area contributed by atoms with E-state index in [4.69, 9.17) is 5.11 Å². The van der Waals surface area contributed by atoms with Crippen molar-refractivity contribution >= 4 is 11.9 Å². The standard InChI is InChI=1S/C13H21N3O3/c1-5-13(6-2,8-11(17)18)14-12(19)10-7-9(3)15-16(10)4/h7H,5-6,8H2,1-4H3,(H,14,19)(H,17,18). The minimum Gasteiger partial charge on any atom is -0.481 e. The van der Waals surface area contributed by atoms with E-state index in [-0.39, 0.29) is 12.3 Å². The van der Waals surface area contributed by atoms with Crippen molar-refractivity contribution in [1.82, 2.24) is 15.1 Å². The number of hydrogen-bond acceptors (Lipinski definition) is 3. The van der Waals surface area contributed by atoms with Crippen LogP contribution < -0.4 is 5.32 Å². The highest BCUT2D eigenvalue weighted by Crippen LogP contribution is 2.20. The number of aryl methyl sites for hydroxylation is 2. The Balaban J connectivity index is 2.93. The van der Waals surface area contributed by atoms with Gasteiger partial charge in [0.2, 0.25) is 0 Å². The Morgan fingerprint density at radius 2 is 2.00 bits per heavy atom. The summed E-state index contributed by atoms with van der Waals surface area (Å²) >= 11 is 0. The molecule has 1 rings (SSSR count). The smallest absolute Gasteiger partial charge is 0.305 e. The monoisotopic (exact) mass is 267 g/mol. The van der Waals surface area contributed by atoms with Crippen LogP contribution >= 0.6 is 0 Å². The van der Waals surface area contributed by atoms with Gasteiger partial charge in [0, 0.05) is 7.05 Å². The summed E-state index contributed by atoms with van der Waals surface area (Å²) in [6.45, 7) is 5.56. The van der Waals surface area contributed by atoms with Crippen molar-refractivity contribution in [3.63, 3.8) is 0 Å². The lowest BCUT2D eigenvalue weighted by molar-refractivity contribution is -0.138. The van der Waals surface area contributed by atoms with Gasteiger partial charge in [-0.3, -0.25) is 14.3 Å². The average molecular weight is 267 g/mol. The fourth-order valence-corrected chi connectivity index (χ4v) is 2.14. The van der Waals surface area contributed by atoms with Crippen molar-refractivity contribution in [3.8, 4) is 0 Å². The third-order valence-corrected chi connectivity index (χ3v) is 3.46. The van der Waals surface area contributed by atoms with E-state index in [0.717, 1.165) is 5.69 Å². The first kappa shape index (κ1) is 15.2. The predicted molar refractivity (Wildman–Crippen MR) is 71.0 cm³/mol. The first-order valence-electron chi connectivity index (χ1n) is 6.38. The zero-order valence-corrected chi connectivity index (χ0v) is 11.9. The van der Waals surface area contributed by atoms with Gasteiger partial charge in [0.15, 0.2) is 0 Å². The number of carbonyl (C=O) groups excluding carboxylic acids is 1. The normalized spacial score (nSPS) is 11.4. The lowest BCUT2D eigenvalue weighted by atomic mass is 9.89. The third kappa shape index (κ3) is 3.56. The molecule has 106 valence electrons. The Morgan fingerprint density at radius 3 is 2.37 bits per heavy atom. The molecule has 6 heteroatoms. The molecule has 2 N–H and O–H groups in total. The topological polar surface area (TPSA) is 84.2 Å². The SMILES string of the molecule is CCC(CC)(CC(=O)O)NC(=O)c1cc(C)nn1C. The van der Waals surface area contributed by atoms with Crippen LogP contribution in [0.4, 0.5) is 0 Å². The fraction of sp³-hybridized carbons (Fsp3) is 0.615. The maximum atomic E-state index is 12.2. The summed E-state index contributed by atoms with van der Waals surface area (Å²) < 4.78 is 1.50. The number of carbonyl (C=O) groups is 2. The van der Waals surface area contributed by atoms with Gasteiger partial charge in [-0.1, -0.05) is 13.8 Å². The van der Waals surface area contributed by atoms with E-state index in [2.05, 4.69) is 10.4 Å². The average Bonchev–Trinajstić information content (AvgIpc) is 2.67. The molecule has 0 aliphatic rings. The Kier molecular flexibility index (Phi) is 4.69. The molecule has 0 aliphatic carbocycles. The molecule has 0 saturated carbocycles. The molecule has 1 aromatic rings. The van der Waals surface area contributed by atoms with E-state index in [0.29, 0.717) is 18.5 Å².